The van der Waals surface area contributed by atoms with Gasteiger partial charge in [0.25, 0.3) is 0 Å². The molecule has 100 valence electrons. The van der Waals surface area contributed by atoms with Crippen molar-refractivity contribution in [3.05, 3.63) is 46.9 Å². The average Bonchev–Trinajstić information content (AvgIpc) is 2.83. The summed E-state index contributed by atoms with van der Waals surface area (Å²) < 4.78 is 15.7. The molecule has 1 aromatic carbocycles. The molecule has 0 spiro atoms. The van der Waals surface area contributed by atoms with E-state index in [-0.39, 0.29) is 5.78 Å². The summed E-state index contributed by atoms with van der Waals surface area (Å²) in [7, 11) is 3.11. The van der Waals surface area contributed by atoms with Crippen molar-refractivity contribution in [1.82, 2.24) is 0 Å². The van der Waals surface area contributed by atoms with Crippen LogP contribution in [0.1, 0.15) is 27.2 Å². The molecule has 0 aliphatic rings. The molecule has 1 heterocycles. The highest BCUT2D eigenvalue weighted by Crippen LogP contribution is 2.31. The second kappa shape index (κ2) is 5.18. The fourth-order valence-corrected chi connectivity index (χ4v) is 1.95. The van der Waals surface area contributed by atoms with Crippen molar-refractivity contribution in [1.29, 1.82) is 0 Å². The van der Waals surface area contributed by atoms with Crippen molar-refractivity contribution < 1.29 is 18.7 Å². The maximum atomic E-state index is 12.4. The van der Waals surface area contributed by atoms with Gasteiger partial charge >= 0.3 is 0 Å². The molecule has 2 aromatic rings. The number of ketones is 1. The Labute approximate surface area is 111 Å². The number of hydrogen-bond acceptors (Lipinski definition) is 4. The minimum absolute atomic E-state index is 0.152. The molecule has 0 aliphatic heterocycles. The van der Waals surface area contributed by atoms with Crippen LogP contribution in [0.5, 0.6) is 11.5 Å². The number of ether oxygens (including phenoxy) is 2. The van der Waals surface area contributed by atoms with Crippen LogP contribution in [0, 0.1) is 13.8 Å². The highest BCUT2D eigenvalue weighted by Gasteiger charge is 2.19. The molecular formula is C15H16O4. The van der Waals surface area contributed by atoms with E-state index in [1.807, 2.05) is 13.8 Å². The van der Waals surface area contributed by atoms with Gasteiger partial charge in [-0.3, -0.25) is 4.79 Å². The summed E-state index contributed by atoms with van der Waals surface area (Å²) in [6.07, 6.45) is 1.51. The van der Waals surface area contributed by atoms with E-state index in [2.05, 4.69) is 0 Å². The summed E-state index contributed by atoms with van der Waals surface area (Å²) >= 11 is 0. The summed E-state index contributed by atoms with van der Waals surface area (Å²) in [5, 5.41) is 0. The fraction of sp³-hybridized carbons (Fsp3) is 0.267. The maximum absolute atomic E-state index is 12.4. The van der Waals surface area contributed by atoms with Gasteiger partial charge in [-0.1, -0.05) is 0 Å². The number of carbonyl (C=O) groups is 1. The van der Waals surface area contributed by atoms with Crippen LogP contribution in [-0.4, -0.2) is 20.0 Å². The van der Waals surface area contributed by atoms with Crippen molar-refractivity contribution in [3.63, 3.8) is 0 Å². The van der Waals surface area contributed by atoms with Crippen molar-refractivity contribution in [3.8, 4) is 11.5 Å². The third-order valence-corrected chi connectivity index (χ3v) is 3.04. The lowest BCUT2D eigenvalue weighted by atomic mass is 10.0. The highest BCUT2D eigenvalue weighted by atomic mass is 16.5. The number of methoxy groups -OCH3 is 2. The normalized spacial score (nSPS) is 10.3. The quantitative estimate of drug-likeness (QED) is 0.792. The predicted molar refractivity (Wildman–Crippen MR) is 71.2 cm³/mol. The van der Waals surface area contributed by atoms with E-state index < -0.39 is 0 Å². The standard InChI is InChI=1S/C15H16O4/c1-9-5-6-19-15(9)14(16)11-8-13(18-4)12(17-3)7-10(11)2/h5-8H,1-4H3. The molecule has 0 fully saturated rings. The van der Waals surface area contributed by atoms with E-state index in [1.165, 1.54) is 6.26 Å². The molecule has 1 aromatic heterocycles. The van der Waals surface area contributed by atoms with Crippen LogP contribution in [0.15, 0.2) is 28.9 Å². The van der Waals surface area contributed by atoms with Gasteiger partial charge in [-0.15, -0.1) is 0 Å². The summed E-state index contributed by atoms with van der Waals surface area (Å²) in [6.45, 7) is 3.69. The Morgan fingerprint density at radius 3 is 2.21 bits per heavy atom. The summed E-state index contributed by atoms with van der Waals surface area (Å²) in [5.74, 6) is 1.34. The zero-order valence-corrected chi connectivity index (χ0v) is 11.4. The van der Waals surface area contributed by atoms with Gasteiger partial charge < -0.3 is 13.9 Å². The molecule has 4 nitrogen and oxygen atoms in total. The van der Waals surface area contributed by atoms with Gasteiger partial charge in [-0.25, -0.2) is 0 Å². The van der Waals surface area contributed by atoms with Crippen LogP contribution in [0.25, 0.3) is 0 Å². The van der Waals surface area contributed by atoms with E-state index >= 15 is 0 Å². The average molecular weight is 260 g/mol. The largest absolute Gasteiger partial charge is 0.493 e. The number of benzene rings is 1. The molecular weight excluding hydrogens is 244 g/mol. The lowest BCUT2D eigenvalue weighted by Gasteiger charge is -2.11. The topological polar surface area (TPSA) is 48.7 Å². The highest BCUT2D eigenvalue weighted by molar-refractivity contribution is 6.09. The third-order valence-electron chi connectivity index (χ3n) is 3.04. The SMILES string of the molecule is COc1cc(C)c(C(=O)c2occc2C)cc1OC. The second-order valence-corrected chi connectivity index (χ2v) is 4.28. The van der Waals surface area contributed by atoms with Gasteiger partial charge in [0.05, 0.1) is 20.5 Å². The van der Waals surface area contributed by atoms with Crippen LogP contribution in [-0.2, 0) is 0 Å². The summed E-state index contributed by atoms with van der Waals surface area (Å²) in [6, 6.07) is 5.23. The van der Waals surface area contributed by atoms with E-state index in [0.717, 1.165) is 11.1 Å². The Hall–Kier alpha value is -2.23. The molecule has 0 saturated heterocycles. The molecule has 0 bridgehead atoms. The Balaban J connectivity index is 2.51. The van der Waals surface area contributed by atoms with E-state index in [1.54, 1.807) is 32.4 Å². The van der Waals surface area contributed by atoms with Gasteiger partial charge in [0.15, 0.2) is 17.3 Å². The lowest BCUT2D eigenvalue weighted by Crippen LogP contribution is -2.05. The summed E-state index contributed by atoms with van der Waals surface area (Å²) in [5.41, 5.74) is 2.19. The van der Waals surface area contributed by atoms with E-state index in [4.69, 9.17) is 13.9 Å². The van der Waals surface area contributed by atoms with Crippen molar-refractivity contribution in [2.24, 2.45) is 0 Å². The minimum Gasteiger partial charge on any atom is -0.493 e. The second-order valence-electron chi connectivity index (χ2n) is 4.28. The molecule has 0 unspecified atom stereocenters. The van der Waals surface area contributed by atoms with E-state index in [0.29, 0.717) is 22.8 Å². The number of carbonyl (C=O) groups excluding carboxylic acids is 1. The fourth-order valence-electron chi connectivity index (χ4n) is 1.95. The van der Waals surface area contributed by atoms with Gasteiger partial charge in [-0.2, -0.15) is 0 Å². The molecule has 19 heavy (non-hydrogen) atoms. The van der Waals surface area contributed by atoms with Crippen molar-refractivity contribution >= 4 is 5.78 Å². The van der Waals surface area contributed by atoms with Crippen molar-refractivity contribution in [2.75, 3.05) is 14.2 Å². The molecule has 0 saturated carbocycles. The van der Waals surface area contributed by atoms with Crippen molar-refractivity contribution in [2.45, 2.75) is 13.8 Å². The Morgan fingerprint density at radius 1 is 1.05 bits per heavy atom. The lowest BCUT2D eigenvalue weighted by molar-refractivity contribution is 0.101. The molecule has 0 aliphatic carbocycles. The molecule has 0 N–H and O–H groups in total. The number of rotatable bonds is 4. The number of aryl methyl sites for hydroxylation is 2. The first-order valence-corrected chi connectivity index (χ1v) is 5.90. The molecule has 0 radical (unpaired) electrons. The van der Waals surface area contributed by atoms with Gasteiger partial charge in [0, 0.05) is 5.56 Å². The van der Waals surface area contributed by atoms with Crippen LogP contribution in [0.4, 0.5) is 0 Å². The number of furan rings is 1. The first-order valence-electron chi connectivity index (χ1n) is 5.90. The molecule has 0 amide bonds. The van der Waals surface area contributed by atoms with Crippen LogP contribution in [0.2, 0.25) is 0 Å². The first kappa shape index (κ1) is 13.2. The van der Waals surface area contributed by atoms with Crippen LogP contribution in [0.3, 0.4) is 0 Å². The predicted octanol–water partition coefficient (Wildman–Crippen LogP) is 3.14. The smallest absolute Gasteiger partial charge is 0.228 e. The van der Waals surface area contributed by atoms with E-state index in [9.17, 15) is 4.79 Å². The van der Waals surface area contributed by atoms with Gasteiger partial charge in [-0.05, 0) is 43.2 Å². The Kier molecular flexibility index (Phi) is 3.60. The third kappa shape index (κ3) is 2.34. The van der Waals surface area contributed by atoms with Crippen LogP contribution >= 0.6 is 0 Å². The maximum Gasteiger partial charge on any atom is 0.228 e. The minimum atomic E-state index is -0.152. The zero-order chi connectivity index (χ0) is 14.0. The monoisotopic (exact) mass is 260 g/mol. The Morgan fingerprint density at radius 2 is 1.68 bits per heavy atom. The van der Waals surface area contributed by atoms with Crippen LogP contribution < -0.4 is 9.47 Å². The van der Waals surface area contributed by atoms with Gasteiger partial charge in [0.1, 0.15) is 0 Å². The summed E-state index contributed by atoms with van der Waals surface area (Å²) in [4.78, 5) is 12.4. The molecule has 0 atom stereocenters. The first-order chi connectivity index (χ1) is 9.08. The molecule has 4 heteroatoms. The van der Waals surface area contributed by atoms with Gasteiger partial charge in [0.2, 0.25) is 5.78 Å². The Bertz CT molecular complexity index is 611. The zero-order valence-electron chi connectivity index (χ0n) is 11.4. The molecule has 2 rings (SSSR count). The number of hydrogen-bond donors (Lipinski definition) is 0.